The van der Waals surface area contributed by atoms with Gasteiger partial charge in [-0.1, -0.05) is 48.9 Å². The quantitative estimate of drug-likeness (QED) is 0.869. The van der Waals surface area contributed by atoms with Gasteiger partial charge >= 0.3 is 0 Å². The number of anilines is 1. The van der Waals surface area contributed by atoms with Crippen LogP contribution in [0.2, 0.25) is 5.02 Å². The van der Waals surface area contributed by atoms with Gasteiger partial charge in [-0.2, -0.15) is 0 Å². The van der Waals surface area contributed by atoms with E-state index in [0.717, 1.165) is 5.56 Å². The molecule has 5 heteroatoms. The minimum atomic E-state index is -3.25. The first kappa shape index (κ1) is 15.9. The van der Waals surface area contributed by atoms with Crippen molar-refractivity contribution in [2.45, 2.75) is 24.8 Å². The molecule has 0 radical (unpaired) electrons. The van der Waals surface area contributed by atoms with Crippen LogP contribution in [0.4, 0.5) is 5.69 Å². The smallest absolute Gasteiger partial charge is 0.180 e. The lowest BCUT2D eigenvalue weighted by Gasteiger charge is -2.13. The maximum atomic E-state index is 12.3. The monoisotopic (exact) mass is 323 g/mol. The molecule has 0 bridgehead atoms. The predicted octanol–water partition coefficient (Wildman–Crippen LogP) is 4.14. The SMILES string of the molecule is CCCS(=O)(=O)c1ccccc1NCc1ccccc1Cl. The minimum absolute atomic E-state index is 0.151. The van der Waals surface area contributed by atoms with E-state index < -0.39 is 9.84 Å². The Morgan fingerprint density at radius 2 is 1.71 bits per heavy atom. The molecule has 2 aromatic carbocycles. The van der Waals surface area contributed by atoms with Crippen molar-refractivity contribution in [3.63, 3.8) is 0 Å². The Labute approximate surface area is 130 Å². The van der Waals surface area contributed by atoms with E-state index in [1.165, 1.54) is 0 Å². The Hall–Kier alpha value is -1.52. The first-order valence-corrected chi connectivity index (χ1v) is 8.86. The van der Waals surface area contributed by atoms with E-state index in [2.05, 4.69) is 5.32 Å². The number of rotatable bonds is 6. The Kier molecular flexibility index (Phi) is 5.26. The van der Waals surface area contributed by atoms with Crippen LogP contribution >= 0.6 is 11.6 Å². The lowest BCUT2D eigenvalue weighted by Crippen LogP contribution is -2.10. The van der Waals surface area contributed by atoms with Crippen molar-refractivity contribution in [2.75, 3.05) is 11.1 Å². The molecule has 0 saturated heterocycles. The second-order valence-electron chi connectivity index (χ2n) is 4.76. The molecule has 0 atom stereocenters. The molecule has 2 aromatic rings. The number of sulfone groups is 1. The zero-order chi connectivity index (χ0) is 15.3. The summed E-state index contributed by atoms with van der Waals surface area (Å²) in [6, 6.07) is 14.5. The van der Waals surface area contributed by atoms with Gasteiger partial charge in [0.25, 0.3) is 0 Å². The van der Waals surface area contributed by atoms with Gasteiger partial charge in [-0.15, -0.1) is 0 Å². The van der Waals surface area contributed by atoms with Crippen molar-refractivity contribution in [3.8, 4) is 0 Å². The third-order valence-electron chi connectivity index (χ3n) is 3.12. The highest BCUT2D eigenvalue weighted by Gasteiger charge is 2.17. The molecule has 21 heavy (non-hydrogen) atoms. The molecule has 2 rings (SSSR count). The molecule has 0 amide bonds. The van der Waals surface area contributed by atoms with Gasteiger partial charge in [-0.05, 0) is 30.2 Å². The van der Waals surface area contributed by atoms with E-state index in [1.807, 2.05) is 37.3 Å². The molecule has 0 aliphatic carbocycles. The highest BCUT2D eigenvalue weighted by atomic mass is 35.5. The van der Waals surface area contributed by atoms with Crippen LogP contribution in [0.1, 0.15) is 18.9 Å². The van der Waals surface area contributed by atoms with Gasteiger partial charge in [-0.3, -0.25) is 0 Å². The zero-order valence-corrected chi connectivity index (χ0v) is 13.4. The molecule has 0 saturated carbocycles. The van der Waals surface area contributed by atoms with Crippen molar-refractivity contribution < 1.29 is 8.42 Å². The summed E-state index contributed by atoms with van der Waals surface area (Å²) >= 11 is 6.11. The van der Waals surface area contributed by atoms with E-state index in [9.17, 15) is 8.42 Å². The molecule has 0 unspecified atom stereocenters. The van der Waals surface area contributed by atoms with Crippen LogP contribution in [0.5, 0.6) is 0 Å². The zero-order valence-electron chi connectivity index (χ0n) is 11.8. The average Bonchev–Trinajstić information content (AvgIpc) is 2.47. The van der Waals surface area contributed by atoms with Gasteiger partial charge in [0.2, 0.25) is 0 Å². The van der Waals surface area contributed by atoms with Crippen LogP contribution in [0.3, 0.4) is 0 Å². The van der Waals surface area contributed by atoms with E-state index in [0.29, 0.717) is 28.6 Å². The van der Waals surface area contributed by atoms with E-state index in [1.54, 1.807) is 18.2 Å². The minimum Gasteiger partial charge on any atom is -0.380 e. The Bertz CT molecular complexity index is 714. The average molecular weight is 324 g/mol. The van der Waals surface area contributed by atoms with Crippen molar-refractivity contribution in [3.05, 3.63) is 59.1 Å². The van der Waals surface area contributed by atoms with E-state index >= 15 is 0 Å². The lowest BCUT2D eigenvalue weighted by atomic mass is 10.2. The number of benzene rings is 2. The number of halogens is 1. The highest BCUT2D eigenvalue weighted by molar-refractivity contribution is 7.91. The van der Waals surface area contributed by atoms with E-state index in [-0.39, 0.29) is 5.75 Å². The van der Waals surface area contributed by atoms with Gasteiger partial charge in [0.1, 0.15) is 0 Å². The molecular weight excluding hydrogens is 306 g/mol. The van der Waals surface area contributed by atoms with Gasteiger partial charge in [0, 0.05) is 11.6 Å². The normalized spacial score (nSPS) is 11.3. The molecule has 0 fully saturated rings. The van der Waals surface area contributed by atoms with Gasteiger partial charge in [-0.25, -0.2) is 8.42 Å². The molecule has 0 aliphatic rings. The van der Waals surface area contributed by atoms with Crippen molar-refractivity contribution in [1.82, 2.24) is 0 Å². The largest absolute Gasteiger partial charge is 0.380 e. The van der Waals surface area contributed by atoms with Gasteiger partial charge < -0.3 is 5.32 Å². The molecule has 0 aliphatic heterocycles. The van der Waals surface area contributed by atoms with Crippen molar-refractivity contribution in [2.24, 2.45) is 0 Å². The Morgan fingerprint density at radius 3 is 2.43 bits per heavy atom. The molecule has 1 N–H and O–H groups in total. The summed E-state index contributed by atoms with van der Waals surface area (Å²) in [5.74, 6) is 0.151. The standard InChI is InChI=1S/C16H18ClNO2S/c1-2-11-21(19,20)16-10-6-5-9-15(16)18-12-13-7-3-4-8-14(13)17/h3-10,18H,2,11-12H2,1H3. The maximum Gasteiger partial charge on any atom is 0.180 e. The third kappa shape index (κ3) is 3.99. The second-order valence-corrected chi connectivity index (χ2v) is 7.24. The van der Waals surface area contributed by atoms with Crippen LogP contribution in [0.25, 0.3) is 0 Å². The van der Waals surface area contributed by atoms with Crippen LogP contribution in [0, 0.1) is 0 Å². The number of hydrogen-bond acceptors (Lipinski definition) is 3. The maximum absolute atomic E-state index is 12.3. The summed E-state index contributed by atoms with van der Waals surface area (Å²) in [6.45, 7) is 2.34. The molecular formula is C16H18ClNO2S. The van der Waals surface area contributed by atoms with Gasteiger partial charge in [0.05, 0.1) is 16.3 Å². The summed E-state index contributed by atoms with van der Waals surface area (Å²) in [5.41, 5.74) is 1.55. The predicted molar refractivity (Wildman–Crippen MR) is 87.6 cm³/mol. The first-order chi connectivity index (χ1) is 10.0. The molecule has 112 valence electrons. The van der Waals surface area contributed by atoms with Crippen LogP contribution in [0.15, 0.2) is 53.4 Å². The number of hydrogen-bond donors (Lipinski definition) is 1. The molecule has 3 nitrogen and oxygen atoms in total. The Balaban J connectivity index is 2.24. The summed E-state index contributed by atoms with van der Waals surface area (Å²) in [6.07, 6.45) is 0.598. The summed E-state index contributed by atoms with van der Waals surface area (Å²) < 4.78 is 24.5. The molecule has 0 spiro atoms. The lowest BCUT2D eigenvalue weighted by molar-refractivity contribution is 0.595. The van der Waals surface area contributed by atoms with Gasteiger partial charge in [0.15, 0.2) is 9.84 Å². The fourth-order valence-electron chi connectivity index (χ4n) is 2.09. The summed E-state index contributed by atoms with van der Waals surface area (Å²) in [7, 11) is -3.25. The number of nitrogens with one attached hydrogen (secondary N) is 1. The fraction of sp³-hybridized carbons (Fsp3) is 0.250. The van der Waals surface area contributed by atoms with Crippen LogP contribution in [-0.4, -0.2) is 14.2 Å². The second kappa shape index (κ2) is 6.96. The number of para-hydroxylation sites is 1. The summed E-state index contributed by atoms with van der Waals surface area (Å²) in [4.78, 5) is 0.346. The molecule has 0 heterocycles. The van der Waals surface area contributed by atoms with E-state index in [4.69, 9.17) is 11.6 Å². The topological polar surface area (TPSA) is 46.2 Å². The summed E-state index contributed by atoms with van der Waals surface area (Å²) in [5, 5.41) is 3.84. The van der Waals surface area contributed by atoms with Crippen LogP contribution < -0.4 is 5.32 Å². The highest BCUT2D eigenvalue weighted by Crippen LogP contribution is 2.24. The molecule has 0 aromatic heterocycles. The third-order valence-corrected chi connectivity index (χ3v) is 5.46. The Morgan fingerprint density at radius 1 is 1.05 bits per heavy atom. The van der Waals surface area contributed by atoms with Crippen molar-refractivity contribution in [1.29, 1.82) is 0 Å². The fourth-order valence-corrected chi connectivity index (χ4v) is 3.82. The van der Waals surface area contributed by atoms with Crippen LogP contribution in [-0.2, 0) is 16.4 Å². The van der Waals surface area contributed by atoms with Crippen molar-refractivity contribution >= 4 is 27.1 Å². The first-order valence-electron chi connectivity index (χ1n) is 6.83.